The second kappa shape index (κ2) is 14.5. The largest absolute Gasteiger partial charge is 0.357 e. The summed E-state index contributed by atoms with van der Waals surface area (Å²) in [6.07, 6.45) is 3.76. The first-order chi connectivity index (χ1) is 12.0. The SMILES string of the molecule is CCNC(=NCCCN1CCCC(C)C1)N(C)CC(=O)N(CC)CC.I. The van der Waals surface area contributed by atoms with E-state index in [0.717, 1.165) is 51.0 Å². The highest BCUT2D eigenvalue weighted by molar-refractivity contribution is 14.0. The van der Waals surface area contributed by atoms with Gasteiger partial charge in [0.15, 0.2) is 5.96 Å². The Hall–Kier alpha value is -0.570. The summed E-state index contributed by atoms with van der Waals surface area (Å²) in [6, 6.07) is 0. The fourth-order valence-corrected chi connectivity index (χ4v) is 3.39. The molecule has 26 heavy (non-hydrogen) atoms. The fourth-order valence-electron chi connectivity index (χ4n) is 3.39. The molecule has 7 heteroatoms. The second-order valence-electron chi connectivity index (χ2n) is 7.06. The van der Waals surface area contributed by atoms with Gasteiger partial charge in [0, 0.05) is 39.8 Å². The van der Waals surface area contributed by atoms with Crippen LogP contribution in [0.25, 0.3) is 0 Å². The summed E-state index contributed by atoms with van der Waals surface area (Å²) in [5, 5.41) is 3.30. The third-order valence-electron chi connectivity index (χ3n) is 4.82. The first-order valence-corrected chi connectivity index (χ1v) is 10.0. The summed E-state index contributed by atoms with van der Waals surface area (Å²) in [6.45, 7) is 15.5. The van der Waals surface area contributed by atoms with E-state index in [1.54, 1.807) is 0 Å². The van der Waals surface area contributed by atoms with Crippen LogP contribution in [0.5, 0.6) is 0 Å². The molecule has 0 saturated carbocycles. The minimum absolute atomic E-state index is 0. The summed E-state index contributed by atoms with van der Waals surface area (Å²) in [7, 11) is 1.94. The van der Waals surface area contributed by atoms with E-state index in [2.05, 4.69) is 24.1 Å². The van der Waals surface area contributed by atoms with Crippen molar-refractivity contribution in [3.05, 3.63) is 0 Å². The van der Waals surface area contributed by atoms with E-state index in [9.17, 15) is 4.79 Å². The van der Waals surface area contributed by atoms with E-state index in [0.29, 0.717) is 6.54 Å². The maximum absolute atomic E-state index is 12.3. The van der Waals surface area contributed by atoms with Crippen molar-refractivity contribution in [2.75, 3.05) is 59.4 Å². The van der Waals surface area contributed by atoms with Crippen LogP contribution in [-0.2, 0) is 4.79 Å². The van der Waals surface area contributed by atoms with Crippen molar-refractivity contribution in [1.82, 2.24) is 20.0 Å². The number of carbonyl (C=O) groups is 1. The number of aliphatic imine (C=N–C) groups is 1. The van der Waals surface area contributed by atoms with Gasteiger partial charge in [-0.2, -0.15) is 0 Å². The molecule has 0 aromatic rings. The van der Waals surface area contributed by atoms with Gasteiger partial charge in [-0.05, 0) is 59.0 Å². The van der Waals surface area contributed by atoms with Crippen LogP contribution in [-0.4, -0.2) is 86.0 Å². The van der Waals surface area contributed by atoms with Gasteiger partial charge < -0.3 is 20.0 Å². The average Bonchev–Trinajstić information content (AvgIpc) is 2.58. The van der Waals surface area contributed by atoms with Gasteiger partial charge in [-0.25, -0.2) is 0 Å². The molecule has 0 aromatic carbocycles. The monoisotopic (exact) mass is 481 g/mol. The number of amides is 1. The Morgan fingerprint density at radius 3 is 2.54 bits per heavy atom. The molecule has 1 N–H and O–H groups in total. The van der Waals surface area contributed by atoms with E-state index >= 15 is 0 Å². The zero-order valence-electron chi connectivity index (χ0n) is 17.5. The number of nitrogens with zero attached hydrogens (tertiary/aromatic N) is 4. The van der Waals surface area contributed by atoms with E-state index < -0.39 is 0 Å². The van der Waals surface area contributed by atoms with Crippen LogP contribution in [0, 0.1) is 5.92 Å². The zero-order chi connectivity index (χ0) is 18.7. The number of halogens is 1. The van der Waals surface area contributed by atoms with Gasteiger partial charge in [-0.15, -0.1) is 24.0 Å². The normalized spacial score (nSPS) is 18.2. The molecule has 1 amide bonds. The van der Waals surface area contributed by atoms with Crippen molar-refractivity contribution in [3.63, 3.8) is 0 Å². The van der Waals surface area contributed by atoms with Gasteiger partial charge >= 0.3 is 0 Å². The van der Waals surface area contributed by atoms with Crippen molar-refractivity contribution >= 4 is 35.8 Å². The Balaban J connectivity index is 0.00000625. The minimum atomic E-state index is 0. The Morgan fingerprint density at radius 1 is 1.27 bits per heavy atom. The summed E-state index contributed by atoms with van der Waals surface area (Å²) in [5.41, 5.74) is 0. The molecule has 0 aromatic heterocycles. The number of piperidine rings is 1. The number of hydrogen-bond acceptors (Lipinski definition) is 3. The molecular formula is C19H40IN5O. The Kier molecular flexibility index (Phi) is 14.2. The molecule has 1 saturated heterocycles. The number of hydrogen-bond donors (Lipinski definition) is 1. The van der Waals surface area contributed by atoms with Crippen LogP contribution >= 0.6 is 24.0 Å². The summed E-state index contributed by atoms with van der Waals surface area (Å²) < 4.78 is 0. The highest BCUT2D eigenvalue weighted by Gasteiger charge is 2.16. The van der Waals surface area contributed by atoms with Crippen molar-refractivity contribution in [2.24, 2.45) is 10.9 Å². The van der Waals surface area contributed by atoms with Crippen molar-refractivity contribution < 1.29 is 4.79 Å². The summed E-state index contributed by atoms with van der Waals surface area (Å²) >= 11 is 0. The van der Waals surface area contributed by atoms with Gasteiger partial charge in [0.2, 0.25) is 5.91 Å². The smallest absolute Gasteiger partial charge is 0.242 e. The molecule has 1 aliphatic heterocycles. The molecule has 0 spiro atoms. The van der Waals surface area contributed by atoms with Gasteiger partial charge in [-0.3, -0.25) is 9.79 Å². The Morgan fingerprint density at radius 2 is 1.96 bits per heavy atom. The lowest BCUT2D eigenvalue weighted by Gasteiger charge is -2.30. The van der Waals surface area contributed by atoms with E-state index in [1.807, 2.05) is 30.7 Å². The molecular weight excluding hydrogens is 441 g/mol. The van der Waals surface area contributed by atoms with E-state index in [-0.39, 0.29) is 29.9 Å². The quantitative estimate of drug-likeness (QED) is 0.238. The lowest BCUT2D eigenvalue weighted by atomic mass is 10.0. The van der Waals surface area contributed by atoms with Crippen LogP contribution in [0.4, 0.5) is 0 Å². The maximum Gasteiger partial charge on any atom is 0.242 e. The molecule has 0 bridgehead atoms. The van der Waals surface area contributed by atoms with Crippen molar-refractivity contribution in [2.45, 2.75) is 47.0 Å². The fraction of sp³-hybridized carbons (Fsp3) is 0.895. The highest BCUT2D eigenvalue weighted by atomic mass is 127. The van der Waals surface area contributed by atoms with Crippen LogP contribution in [0.15, 0.2) is 4.99 Å². The van der Waals surface area contributed by atoms with Crippen molar-refractivity contribution in [3.8, 4) is 0 Å². The first kappa shape index (κ1) is 25.4. The number of nitrogens with one attached hydrogen (secondary N) is 1. The third-order valence-corrected chi connectivity index (χ3v) is 4.82. The first-order valence-electron chi connectivity index (χ1n) is 10.0. The topological polar surface area (TPSA) is 51.2 Å². The molecule has 1 rings (SSSR count). The van der Waals surface area contributed by atoms with Gasteiger partial charge in [0.05, 0.1) is 6.54 Å². The highest BCUT2D eigenvalue weighted by Crippen LogP contribution is 2.15. The number of likely N-dealkylation sites (tertiary alicyclic amines) is 1. The lowest BCUT2D eigenvalue weighted by Crippen LogP contribution is -2.45. The van der Waals surface area contributed by atoms with Crippen LogP contribution < -0.4 is 5.32 Å². The molecule has 1 unspecified atom stereocenters. The predicted octanol–water partition coefficient (Wildman–Crippen LogP) is 2.49. The number of carbonyl (C=O) groups excluding carboxylic acids is 1. The van der Waals surface area contributed by atoms with Gasteiger partial charge in [0.25, 0.3) is 0 Å². The van der Waals surface area contributed by atoms with Crippen molar-refractivity contribution in [1.29, 1.82) is 0 Å². The van der Waals surface area contributed by atoms with Gasteiger partial charge in [0.1, 0.15) is 0 Å². The Labute approximate surface area is 177 Å². The van der Waals surface area contributed by atoms with Gasteiger partial charge in [-0.1, -0.05) is 6.92 Å². The predicted molar refractivity (Wildman–Crippen MR) is 121 cm³/mol. The number of likely N-dealkylation sites (N-methyl/N-ethyl adjacent to an activating group) is 2. The molecule has 1 aliphatic rings. The minimum Gasteiger partial charge on any atom is -0.357 e. The van der Waals surface area contributed by atoms with Crippen LogP contribution in [0.1, 0.15) is 47.0 Å². The molecule has 154 valence electrons. The summed E-state index contributed by atoms with van der Waals surface area (Å²) in [4.78, 5) is 23.4. The molecule has 1 fully saturated rings. The summed E-state index contributed by atoms with van der Waals surface area (Å²) in [5.74, 6) is 1.81. The lowest BCUT2D eigenvalue weighted by molar-refractivity contribution is -0.131. The van der Waals surface area contributed by atoms with Crippen LogP contribution in [0.2, 0.25) is 0 Å². The molecule has 0 aliphatic carbocycles. The molecule has 6 nitrogen and oxygen atoms in total. The van der Waals surface area contributed by atoms with Crippen LogP contribution in [0.3, 0.4) is 0 Å². The molecule has 1 atom stereocenters. The third kappa shape index (κ3) is 9.39. The molecule has 1 heterocycles. The molecule has 0 radical (unpaired) electrons. The standard InChI is InChI=1S/C19H39N5O.HI/c1-6-20-19(22(5)16-18(25)24(7-2)8-3)21-12-10-14-23-13-9-11-17(4)15-23;/h17H,6-16H2,1-5H3,(H,20,21);1H. The number of guanidine groups is 1. The maximum atomic E-state index is 12.3. The zero-order valence-corrected chi connectivity index (χ0v) is 19.8. The average molecular weight is 481 g/mol. The Bertz CT molecular complexity index is 415. The number of rotatable bonds is 9. The second-order valence-corrected chi connectivity index (χ2v) is 7.06. The van der Waals surface area contributed by atoms with E-state index in [1.165, 1.54) is 25.9 Å². The van der Waals surface area contributed by atoms with E-state index in [4.69, 9.17) is 4.99 Å².